The first kappa shape index (κ1) is 61.8. The predicted molar refractivity (Wildman–Crippen MR) is 273 cm³/mol. The topological polar surface area (TPSA) is 79.3 Å². The van der Waals surface area contributed by atoms with Crippen LogP contribution in [0.5, 0.6) is 0 Å². The molecule has 0 spiro atoms. The standard InChI is InChI=1S/C43H84N2O5.C13H28/c1-4-6-18-26-40(27-19-7-5-2)32-39-50-43(48)31-23-17-13-9-11-15-21-29-41(28-20-14-10-8-12-16-22-30-42(46)47)49-38-25-24-33-45-36-34-44(3)35-37-45;1-4-7-9-11-13(6-3)12-10-8-5-2/h40-41H,4-39H2,1-3H3,(H,46,47);13H,4-12H2,1-3H3. The van der Waals surface area contributed by atoms with Gasteiger partial charge in [0.1, 0.15) is 0 Å². The number of likely N-dealkylation sites (N-methyl/N-ethyl adjacent to an activating group) is 1. The summed E-state index contributed by atoms with van der Waals surface area (Å²) in [6, 6.07) is 0. The van der Waals surface area contributed by atoms with E-state index in [2.05, 4.69) is 51.5 Å². The molecule has 0 amide bonds. The number of carboxylic acid groups (broad SMARTS) is 1. The van der Waals surface area contributed by atoms with E-state index in [-0.39, 0.29) is 5.97 Å². The van der Waals surface area contributed by atoms with E-state index in [4.69, 9.17) is 14.6 Å². The van der Waals surface area contributed by atoms with Crippen LogP contribution in [0.15, 0.2) is 0 Å². The summed E-state index contributed by atoms with van der Waals surface area (Å²) < 4.78 is 12.1. The Morgan fingerprint density at radius 3 is 1.35 bits per heavy atom. The molecule has 0 aromatic heterocycles. The van der Waals surface area contributed by atoms with E-state index in [0.29, 0.717) is 25.6 Å². The van der Waals surface area contributed by atoms with Crippen molar-refractivity contribution in [1.82, 2.24) is 9.80 Å². The van der Waals surface area contributed by atoms with Crippen LogP contribution in [-0.2, 0) is 19.1 Å². The van der Waals surface area contributed by atoms with E-state index in [1.165, 1.54) is 219 Å². The normalized spacial score (nSPS) is 14.0. The molecule has 1 N–H and O–H groups in total. The van der Waals surface area contributed by atoms with Crippen LogP contribution in [0.3, 0.4) is 0 Å². The van der Waals surface area contributed by atoms with Crippen molar-refractivity contribution in [3.8, 4) is 0 Å². The molecular formula is C56H112N2O5. The second-order valence-corrected chi connectivity index (χ2v) is 19.9. The van der Waals surface area contributed by atoms with Crippen LogP contribution in [0.4, 0.5) is 0 Å². The Bertz CT molecular complexity index is 921. The van der Waals surface area contributed by atoms with Gasteiger partial charge in [-0.05, 0) is 70.4 Å². The number of esters is 1. The van der Waals surface area contributed by atoms with Crippen LogP contribution in [0.2, 0.25) is 0 Å². The maximum absolute atomic E-state index is 12.3. The molecule has 7 heteroatoms. The number of ether oxygens (including phenoxy) is 2. The van der Waals surface area contributed by atoms with E-state index in [9.17, 15) is 9.59 Å². The fourth-order valence-corrected chi connectivity index (χ4v) is 9.26. The molecule has 1 aliphatic rings. The van der Waals surface area contributed by atoms with Gasteiger partial charge in [0.25, 0.3) is 0 Å². The molecular weight excluding hydrogens is 781 g/mol. The van der Waals surface area contributed by atoms with Crippen molar-refractivity contribution in [2.75, 3.05) is 53.0 Å². The lowest BCUT2D eigenvalue weighted by Crippen LogP contribution is -2.44. The smallest absolute Gasteiger partial charge is 0.305 e. The molecule has 7 nitrogen and oxygen atoms in total. The van der Waals surface area contributed by atoms with Crippen LogP contribution in [0.1, 0.15) is 279 Å². The lowest BCUT2D eigenvalue weighted by Gasteiger charge is -2.32. The van der Waals surface area contributed by atoms with Crippen molar-refractivity contribution in [1.29, 1.82) is 0 Å². The minimum Gasteiger partial charge on any atom is -0.481 e. The van der Waals surface area contributed by atoms with Gasteiger partial charge in [0.2, 0.25) is 0 Å². The van der Waals surface area contributed by atoms with Gasteiger partial charge in [0.05, 0.1) is 12.7 Å². The zero-order chi connectivity index (χ0) is 46.3. The van der Waals surface area contributed by atoms with Gasteiger partial charge in [-0.2, -0.15) is 0 Å². The lowest BCUT2D eigenvalue weighted by atomic mass is 9.92. The van der Waals surface area contributed by atoms with Gasteiger partial charge in [0, 0.05) is 45.6 Å². The molecule has 1 atom stereocenters. The largest absolute Gasteiger partial charge is 0.481 e. The minimum atomic E-state index is -0.672. The molecule has 1 aliphatic heterocycles. The van der Waals surface area contributed by atoms with Crippen molar-refractivity contribution >= 4 is 11.9 Å². The third-order valence-corrected chi connectivity index (χ3v) is 13.9. The Hall–Kier alpha value is -1.18. The van der Waals surface area contributed by atoms with E-state index in [1.807, 2.05) is 0 Å². The van der Waals surface area contributed by atoms with E-state index in [1.54, 1.807) is 0 Å². The SMILES string of the molecule is CCCCCC(CC)CCCCC.CCCCCC(CCCCC)CCOC(=O)CCCCCCCCCC(CCCCCCCCCC(=O)O)OCCCCN1CCN(C)CC1. The fraction of sp³-hybridized carbons (Fsp3) is 0.964. The summed E-state index contributed by atoms with van der Waals surface area (Å²) in [5.41, 5.74) is 0. The number of carboxylic acids is 1. The molecule has 0 aromatic rings. The summed E-state index contributed by atoms with van der Waals surface area (Å²) in [5.74, 6) is 1.08. The van der Waals surface area contributed by atoms with E-state index in [0.717, 1.165) is 63.4 Å². The number of nitrogens with zero attached hydrogens (tertiary/aromatic N) is 2. The average molecular weight is 894 g/mol. The second kappa shape index (κ2) is 48.7. The quantitative estimate of drug-likeness (QED) is 0.0482. The van der Waals surface area contributed by atoms with Gasteiger partial charge in [-0.25, -0.2) is 0 Å². The van der Waals surface area contributed by atoms with Crippen LogP contribution < -0.4 is 0 Å². The molecule has 0 radical (unpaired) electrons. The highest BCUT2D eigenvalue weighted by molar-refractivity contribution is 5.69. The molecule has 1 rings (SSSR count). The predicted octanol–water partition coefficient (Wildman–Crippen LogP) is 16.4. The number of rotatable bonds is 46. The number of carbonyl (C=O) groups excluding carboxylic acids is 1. The van der Waals surface area contributed by atoms with Crippen LogP contribution in [0.25, 0.3) is 0 Å². The molecule has 0 saturated carbocycles. The van der Waals surface area contributed by atoms with Crippen LogP contribution in [-0.4, -0.2) is 85.9 Å². The number of unbranched alkanes of at least 4 members (excludes halogenated alkanes) is 21. The summed E-state index contributed by atoms with van der Waals surface area (Å²) in [6.07, 6.45) is 46.7. The van der Waals surface area contributed by atoms with Gasteiger partial charge < -0.3 is 24.4 Å². The monoisotopic (exact) mass is 893 g/mol. The van der Waals surface area contributed by atoms with E-state index >= 15 is 0 Å². The Morgan fingerprint density at radius 2 is 0.889 bits per heavy atom. The molecule has 1 saturated heterocycles. The second-order valence-electron chi connectivity index (χ2n) is 19.9. The minimum absolute atomic E-state index is 0.00646. The summed E-state index contributed by atoms with van der Waals surface area (Å²) in [5, 5.41) is 8.80. The third kappa shape index (κ3) is 44.4. The molecule has 63 heavy (non-hydrogen) atoms. The van der Waals surface area contributed by atoms with Gasteiger partial charge >= 0.3 is 11.9 Å². The van der Waals surface area contributed by atoms with Crippen LogP contribution in [0, 0.1) is 11.8 Å². The van der Waals surface area contributed by atoms with Crippen molar-refractivity contribution in [2.24, 2.45) is 11.8 Å². The zero-order valence-corrected chi connectivity index (χ0v) is 43.5. The van der Waals surface area contributed by atoms with Crippen molar-refractivity contribution in [2.45, 2.75) is 285 Å². The number of aliphatic carboxylic acids is 1. The first-order valence-electron chi connectivity index (χ1n) is 28.2. The Morgan fingerprint density at radius 1 is 0.460 bits per heavy atom. The Balaban J connectivity index is 0.00000253. The number of hydrogen-bond acceptors (Lipinski definition) is 6. The summed E-state index contributed by atoms with van der Waals surface area (Å²) in [4.78, 5) is 28.0. The van der Waals surface area contributed by atoms with Gasteiger partial charge in [-0.1, -0.05) is 221 Å². The first-order chi connectivity index (χ1) is 30.8. The fourth-order valence-electron chi connectivity index (χ4n) is 9.26. The van der Waals surface area contributed by atoms with E-state index < -0.39 is 5.97 Å². The molecule has 376 valence electrons. The Kier molecular flexibility index (Phi) is 47.8. The van der Waals surface area contributed by atoms with Crippen molar-refractivity contribution in [3.05, 3.63) is 0 Å². The highest BCUT2D eigenvalue weighted by Gasteiger charge is 2.14. The third-order valence-electron chi connectivity index (χ3n) is 13.9. The number of hydrogen-bond donors (Lipinski definition) is 1. The highest BCUT2D eigenvalue weighted by atomic mass is 16.5. The molecule has 1 unspecified atom stereocenters. The molecule has 0 bridgehead atoms. The first-order valence-corrected chi connectivity index (χ1v) is 28.2. The Labute approximate surface area is 394 Å². The van der Waals surface area contributed by atoms with Gasteiger partial charge in [0.15, 0.2) is 0 Å². The molecule has 1 heterocycles. The average Bonchev–Trinajstić information content (AvgIpc) is 3.27. The maximum Gasteiger partial charge on any atom is 0.305 e. The van der Waals surface area contributed by atoms with Crippen molar-refractivity contribution in [3.63, 3.8) is 0 Å². The van der Waals surface area contributed by atoms with Crippen LogP contribution >= 0.6 is 0 Å². The molecule has 0 aliphatic carbocycles. The maximum atomic E-state index is 12.3. The molecule has 0 aromatic carbocycles. The summed E-state index contributed by atoms with van der Waals surface area (Å²) in [7, 11) is 2.22. The zero-order valence-electron chi connectivity index (χ0n) is 43.5. The molecule has 1 fully saturated rings. The van der Waals surface area contributed by atoms with Gasteiger partial charge in [-0.3, -0.25) is 9.59 Å². The van der Waals surface area contributed by atoms with Gasteiger partial charge in [-0.15, -0.1) is 0 Å². The number of piperazine rings is 1. The van der Waals surface area contributed by atoms with Crippen molar-refractivity contribution < 1.29 is 24.2 Å². The number of carbonyl (C=O) groups is 2. The lowest BCUT2D eigenvalue weighted by molar-refractivity contribution is -0.144. The summed E-state index contributed by atoms with van der Waals surface area (Å²) in [6.45, 7) is 18.9. The highest BCUT2D eigenvalue weighted by Crippen LogP contribution is 2.23. The summed E-state index contributed by atoms with van der Waals surface area (Å²) >= 11 is 0.